The van der Waals surface area contributed by atoms with Crippen molar-refractivity contribution in [3.8, 4) is 5.75 Å². The van der Waals surface area contributed by atoms with Crippen LogP contribution in [0, 0.1) is 0 Å². The Labute approximate surface area is 90.4 Å². The molecule has 0 fully saturated rings. The minimum absolute atomic E-state index is 0.131. The number of carbonyl (C=O) groups excluding carboxylic acids is 1. The predicted molar refractivity (Wildman–Crippen MR) is 59.6 cm³/mol. The number of hydroxylamine groups is 1. The molecule has 0 radical (unpaired) electrons. The Morgan fingerprint density at radius 1 is 1.20 bits per heavy atom. The molecule has 1 rings (SSSR count). The lowest BCUT2D eigenvalue weighted by atomic mass is 9.87. The van der Waals surface area contributed by atoms with Crippen LogP contribution in [0.15, 0.2) is 24.3 Å². The summed E-state index contributed by atoms with van der Waals surface area (Å²) in [6.07, 6.45) is 0. The highest BCUT2D eigenvalue weighted by Gasteiger charge is 2.12. The van der Waals surface area contributed by atoms with E-state index in [1.54, 1.807) is 0 Å². The molecule has 3 heteroatoms. The molecule has 0 spiro atoms. The number of hydrogen-bond donors (Lipinski definition) is 1. The quantitative estimate of drug-likeness (QED) is 0.756. The Morgan fingerprint density at radius 3 is 2.13 bits per heavy atom. The van der Waals surface area contributed by atoms with Crippen LogP contribution in [0.3, 0.4) is 0 Å². The molecule has 15 heavy (non-hydrogen) atoms. The monoisotopic (exact) mass is 207 g/mol. The van der Waals surface area contributed by atoms with Crippen molar-refractivity contribution < 1.29 is 9.63 Å². The Balaban J connectivity index is 2.69. The highest BCUT2D eigenvalue weighted by molar-refractivity contribution is 5.71. The van der Waals surface area contributed by atoms with Crippen LogP contribution in [0.1, 0.15) is 33.3 Å². The lowest BCUT2D eigenvalue weighted by Crippen LogP contribution is -2.23. The molecule has 0 unspecified atom stereocenters. The minimum Gasteiger partial charge on any atom is -0.380 e. The molecule has 0 aromatic heterocycles. The van der Waals surface area contributed by atoms with Gasteiger partial charge in [-0.05, 0) is 23.1 Å². The normalized spacial score (nSPS) is 10.9. The maximum atomic E-state index is 10.6. The zero-order chi connectivity index (χ0) is 11.5. The molecule has 0 bridgehead atoms. The molecular weight excluding hydrogens is 190 g/mol. The molecule has 1 aromatic carbocycles. The zero-order valence-corrected chi connectivity index (χ0v) is 9.63. The first-order valence-electron chi connectivity index (χ1n) is 4.93. The summed E-state index contributed by atoms with van der Waals surface area (Å²) in [6, 6.07) is 7.68. The first-order valence-corrected chi connectivity index (χ1v) is 4.93. The van der Waals surface area contributed by atoms with Gasteiger partial charge in [-0.3, -0.25) is 4.79 Å². The van der Waals surface area contributed by atoms with E-state index in [2.05, 4.69) is 26.3 Å². The Bertz CT molecular complexity index is 336. The summed E-state index contributed by atoms with van der Waals surface area (Å²) in [5, 5.41) is 0. The van der Waals surface area contributed by atoms with Gasteiger partial charge in [0.05, 0.1) is 0 Å². The van der Waals surface area contributed by atoms with Crippen LogP contribution < -0.4 is 10.3 Å². The van der Waals surface area contributed by atoms with E-state index in [0.717, 1.165) is 0 Å². The summed E-state index contributed by atoms with van der Waals surface area (Å²) in [5.41, 5.74) is 3.65. The average molecular weight is 207 g/mol. The van der Waals surface area contributed by atoms with Crippen LogP contribution in [-0.4, -0.2) is 5.91 Å². The van der Waals surface area contributed by atoms with Crippen molar-refractivity contribution >= 4 is 5.91 Å². The summed E-state index contributed by atoms with van der Waals surface area (Å²) in [6.45, 7) is 7.85. The number of carbonyl (C=O) groups is 1. The minimum atomic E-state index is -0.213. The molecular formula is C12H17NO2. The second-order valence-electron chi connectivity index (χ2n) is 4.53. The lowest BCUT2D eigenvalue weighted by molar-refractivity contribution is -0.125. The van der Waals surface area contributed by atoms with Gasteiger partial charge in [-0.1, -0.05) is 32.9 Å². The van der Waals surface area contributed by atoms with Crippen molar-refractivity contribution in [2.45, 2.75) is 33.1 Å². The Morgan fingerprint density at radius 2 is 1.73 bits per heavy atom. The van der Waals surface area contributed by atoms with Crippen molar-refractivity contribution in [1.82, 2.24) is 5.48 Å². The summed E-state index contributed by atoms with van der Waals surface area (Å²) in [5.74, 6) is 0.424. The fraction of sp³-hybridized carbons (Fsp3) is 0.417. The van der Waals surface area contributed by atoms with E-state index >= 15 is 0 Å². The second kappa shape index (κ2) is 4.34. The SMILES string of the molecule is CC(=O)NOc1ccc(C(C)(C)C)cc1. The van der Waals surface area contributed by atoms with E-state index in [1.165, 1.54) is 12.5 Å². The summed E-state index contributed by atoms with van der Waals surface area (Å²) in [7, 11) is 0. The number of amides is 1. The van der Waals surface area contributed by atoms with Gasteiger partial charge < -0.3 is 4.84 Å². The first-order chi connectivity index (χ1) is 6.89. The van der Waals surface area contributed by atoms with Crippen LogP contribution in [-0.2, 0) is 10.2 Å². The van der Waals surface area contributed by atoms with Crippen molar-refractivity contribution in [2.24, 2.45) is 0 Å². The number of benzene rings is 1. The molecule has 1 amide bonds. The number of rotatable bonds is 2. The fourth-order valence-electron chi connectivity index (χ4n) is 1.15. The third kappa shape index (κ3) is 3.62. The molecule has 0 heterocycles. The van der Waals surface area contributed by atoms with E-state index in [-0.39, 0.29) is 11.3 Å². The molecule has 1 N–H and O–H groups in total. The second-order valence-corrected chi connectivity index (χ2v) is 4.53. The van der Waals surface area contributed by atoms with Gasteiger partial charge in [-0.2, -0.15) is 5.48 Å². The molecule has 1 aromatic rings. The maximum absolute atomic E-state index is 10.6. The number of nitrogens with one attached hydrogen (secondary N) is 1. The molecule has 0 aliphatic heterocycles. The highest BCUT2D eigenvalue weighted by atomic mass is 16.7. The van der Waals surface area contributed by atoms with Crippen LogP contribution in [0.5, 0.6) is 5.75 Å². The highest BCUT2D eigenvalue weighted by Crippen LogP contribution is 2.23. The molecule has 0 aliphatic carbocycles. The number of hydrogen-bond acceptors (Lipinski definition) is 2. The Kier molecular flexibility index (Phi) is 3.35. The van der Waals surface area contributed by atoms with E-state index in [0.29, 0.717) is 5.75 Å². The third-order valence-electron chi connectivity index (χ3n) is 2.03. The van der Waals surface area contributed by atoms with E-state index in [1.807, 2.05) is 24.3 Å². The molecule has 3 nitrogen and oxygen atoms in total. The van der Waals surface area contributed by atoms with Gasteiger partial charge in [-0.25, -0.2) is 0 Å². The van der Waals surface area contributed by atoms with Gasteiger partial charge in [-0.15, -0.1) is 0 Å². The van der Waals surface area contributed by atoms with Gasteiger partial charge >= 0.3 is 0 Å². The molecule has 0 aliphatic rings. The molecule has 0 atom stereocenters. The van der Waals surface area contributed by atoms with Crippen molar-refractivity contribution in [3.05, 3.63) is 29.8 Å². The summed E-state index contributed by atoms with van der Waals surface area (Å²) in [4.78, 5) is 15.6. The van der Waals surface area contributed by atoms with Gasteiger partial charge in [0.15, 0.2) is 5.75 Å². The lowest BCUT2D eigenvalue weighted by Gasteiger charge is -2.18. The fourth-order valence-corrected chi connectivity index (χ4v) is 1.15. The van der Waals surface area contributed by atoms with Crippen LogP contribution in [0.25, 0.3) is 0 Å². The Hall–Kier alpha value is -1.51. The van der Waals surface area contributed by atoms with Crippen molar-refractivity contribution in [3.63, 3.8) is 0 Å². The van der Waals surface area contributed by atoms with Gasteiger partial charge in [0.2, 0.25) is 5.91 Å². The molecule has 82 valence electrons. The summed E-state index contributed by atoms with van der Waals surface area (Å²) < 4.78 is 0. The van der Waals surface area contributed by atoms with Crippen LogP contribution >= 0.6 is 0 Å². The molecule has 0 saturated heterocycles. The maximum Gasteiger partial charge on any atom is 0.249 e. The van der Waals surface area contributed by atoms with Crippen molar-refractivity contribution in [2.75, 3.05) is 0 Å². The van der Waals surface area contributed by atoms with Crippen LogP contribution in [0.2, 0.25) is 0 Å². The van der Waals surface area contributed by atoms with Gasteiger partial charge in [0.25, 0.3) is 0 Å². The van der Waals surface area contributed by atoms with E-state index < -0.39 is 0 Å². The van der Waals surface area contributed by atoms with E-state index in [4.69, 9.17) is 4.84 Å². The smallest absolute Gasteiger partial charge is 0.249 e. The largest absolute Gasteiger partial charge is 0.380 e. The van der Waals surface area contributed by atoms with E-state index in [9.17, 15) is 4.79 Å². The van der Waals surface area contributed by atoms with Gasteiger partial charge in [0, 0.05) is 6.92 Å². The molecule has 0 saturated carbocycles. The third-order valence-corrected chi connectivity index (χ3v) is 2.03. The zero-order valence-electron chi connectivity index (χ0n) is 9.63. The van der Waals surface area contributed by atoms with Crippen molar-refractivity contribution in [1.29, 1.82) is 0 Å². The standard InChI is InChI=1S/C12H17NO2/c1-9(14)13-15-11-7-5-10(6-8-11)12(2,3)4/h5-8H,1-4H3,(H,13,14). The average Bonchev–Trinajstić information content (AvgIpc) is 2.14. The summed E-state index contributed by atoms with van der Waals surface area (Å²) >= 11 is 0. The predicted octanol–water partition coefficient (Wildman–Crippen LogP) is 2.41. The van der Waals surface area contributed by atoms with Crippen LogP contribution in [0.4, 0.5) is 0 Å². The first kappa shape index (κ1) is 11.6. The van der Waals surface area contributed by atoms with Gasteiger partial charge in [0.1, 0.15) is 0 Å². The topological polar surface area (TPSA) is 38.3 Å².